The summed E-state index contributed by atoms with van der Waals surface area (Å²) in [7, 11) is 0. The van der Waals surface area contributed by atoms with Crippen LogP contribution < -0.4 is 4.74 Å². The Labute approximate surface area is 173 Å². The fraction of sp³-hybridized carbons (Fsp3) is 0.455. The van der Waals surface area contributed by atoms with Crippen LogP contribution in [0.2, 0.25) is 0 Å². The van der Waals surface area contributed by atoms with Gasteiger partial charge >= 0.3 is 6.18 Å². The first-order valence-electron chi connectivity index (χ1n) is 9.86. The Morgan fingerprint density at radius 3 is 2.37 bits per heavy atom. The van der Waals surface area contributed by atoms with E-state index >= 15 is 0 Å². The molecule has 1 fully saturated rings. The van der Waals surface area contributed by atoms with Crippen molar-refractivity contribution >= 4 is 5.91 Å². The number of nitrogens with zero attached hydrogens (tertiary/aromatic N) is 2. The second-order valence-electron chi connectivity index (χ2n) is 7.96. The van der Waals surface area contributed by atoms with E-state index in [1.54, 1.807) is 4.90 Å². The summed E-state index contributed by atoms with van der Waals surface area (Å²) >= 11 is 0. The molecule has 3 rings (SSSR count). The maximum Gasteiger partial charge on any atom is 0.416 e. The number of benzene rings is 1. The number of aliphatic hydroxyl groups is 1. The smallest absolute Gasteiger partial charge is 0.416 e. The zero-order chi connectivity index (χ0) is 21.9. The van der Waals surface area contributed by atoms with Gasteiger partial charge in [0.2, 0.25) is 5.91 Å². The van der Waals surface area contributed by atoms with Crippen LogP contribution in [0.25, 0.3) is 0 Å². The van der Waals surface area contributed by atoms with Gasteiger partial charge in [-0.1, -0.05) is 13.8 Å². The van der Waals surface area contributed by atoms with Crippen molar-refractivity contribution in [1.29, 1.82) is 0 Å². The summed E-state index contributed by atoms with van der Waals surface area (Å²) in [6, 6.07) is 6.41. The molecule has 1 aromatic carbocycles. The standard InChI is InChI=1S/C22H25F3N2O3/c1-15(2)21(29)5-9-27(10-6-21)20(28)13-16-11-17(22(23,24)25)14-19(12-16)30-18-3-7-26-8-4-18/h3-4,7-8,11-12,14-15,29H,5-6,9-10,13H2,1-2H3. The van der Waals surface area contributed by atoms with Gasteiger partial charge in [0.05, 0.1) is 17.6 Å². The summed E-state index contributed by atoms with van der Waals surface area (Å²) in [6.07, 6.45) is -0.875. The second-order valence-corrected chi connectivity index (χ2v) is 7.96. The van der Waals surface area contributed by atoms with Crippen molar-refractivity contribution in [3.63, 3.8) is 0 Å². The van der Waals surface area contributed by atoms with Gasteiger partial charge in [-0.2, -0.15) is 13.2 Å². The van der Waals surface area contributed by atoms with Gasteiger partial charge in [0.15, 0.2) is 0 Å². The van der Waals surface area contributed by atoms with Gasteiger partial charge in [0, 0.05) is 25.5 Å². The molecule has 8 heteroatoms. The number of aromatic nitrogens is 1. The van der Waals surface area contributed by atoms with Gasteiger partial charge in [-0.25, -0.2) is 0 Å². The molecule has 2 aromatic rings. The van der Waals surface area contributed by atoms with Crippen LogP contribution in [0.4, 0.5) is 13.2 Å². The second kappa shape index (κ2) is 8.63. The predicted molar refractivity (Wildman–Crippen MR) is 105 cm³/mol. The molecule has 162 valence electrons. The van der Waals surface area contributed by atoms with Crippen LogP contribution in [0.3, 0.4) is 0 Å². The number of carbonyl (C=O) groups is 1. The zero-order valence-electron chi connectivity index (χ0n) is 16.9. The summed E-state index contributed by atoms with van der Waals surface area (Å²) < 4.78 is 45.6. The molecule has 1 amide bonds. The summed E-state index contributed by atoms with van der Waals surface area (Å²) in [5.41, 5.74) is -1.45. The minimum atomic E-state index is -4.56. The van der Waals surface area contributed by atoms with E-state index in [0.717, 1.165) is 12.1 Å². The lowest BCUT2D eigenvalue weighted by Gasteiger charge is -2.40. The molecule has 1 saturated heterocycles. The summed E-state index contributed by atoms with van der Waals surface area (Å²) in [5.74, 6) is 0.165. The van der Waals surface area contributed by atoms with Crippen LogP contribution in [-0.4, -0.2) is 39.6 Å². The molecule has 30 heavy (non-hydrogen) atoms. The van der Waals surface area contributed by atoms with E-state index in [-0.39, 0.29) is 29.6 Å². The van der Waals surface area contributed by atoms with Crippen LogP contribution in [0.1, 0.15) is 37.8 Å². The summed E-state index contributed by atoms with van der Waals surface area (Å²) in [6.45, 7) is 4.63. The third-order valence-corrected chi connectivity index (χ3v) is 5.59. The molecule has 1 aromatic heterocycles. The number of pyridine rings is 1. The van der Waals surface area contributed by atoms with Gasteiger partial charge in [0.1, 0.15) is 11.5 Å². The van der Waals surface area contributed by atoms with Crippen molar-refractivity contribution in [1.82, 2.24) is 9.88 Å². The number of amides is 1. The van der Waals surface area contributed by atoms with E-state index in [2.05, 4.69) is 4.98 Å². The fourth-order valence-corrected chi connectivity index (χ4v) is 3.53. The monoisotopic (exact) mass is 422 g/mol. The Balaban J connectivity index is 1.76. The highest BCUT2D eigenvalue weighted by molar-refractivity contribution is 5.79. The predicted octanol–water partition coefficient (Wildman–Crippen LogP) is 4.44. The molecule has 0 bridgehead atoms. The largest absolute Gasteiger partial charge is 0.457 e. The number of hydrogen-bond donors (Lipinski definition) is 1. The van der Waals surface area contributed by atoms with E-state index in [1.807, 2.05) is 13.8 Å². The molecule has 0 aliphatic carbocycles. The van der Waals surface area contributed by atoms with Crippen molar-refractivity contribution in [3.8, 4) is 11.5 Å². The normalized spacial score (nSPS) is 16.6. The molecule has 0 unspecified atom stereocenters. The van der Waals surface area contributed by atoms with Gasteiger partial charge in [-0.05, 0) is 54.7 Å². The highest BCUT2D eigenvalue weighted by Crippen LogP contribution is 2.35. The van der Waals surface area contributed by atoms with E-state index in [9.17, 15) is 23.1 Å². The minimum absolute atomic E-state index is 0.00616. The molecule has 0 atom stereocenters. The third kappa shape index (κ3) is 5.30. The molecular weight excluding hydrogens is 397 g/mol. The SMILES string of the molecule is CC(C)C1(O)CCN(C(=O)Cc2cc(Oc3ccncc3)cc(C(F)(F)F)c2)CC1. The number of likely N-dealkylation sites (tertiary alicyclic amines) is 1. The lowest BCUT2D eigenvalue weighted by Crippen LogP contribution is -2.49. The van der Waals surface area contributed by atoms with Gasteiger partial charge in [-0.15, -0.1) is 0 Å². The molecule has 0 spiro atoms. The fourth-order valence-electron chi connectivity index (χ4n) is 3.53. The van der Waals surface area contributed by atoms with Crippen LogP contribution in [0, 0.1) is 5.92 Å². The Hall–Kier alpha value is -2.61. The third-order valence-electron chi connectivity index (χ3n) is 5.59. The van der Waals surface area contributed by atoms with Crippen molar-refractivity contribution < 1.29 is 27.8 Å². The number of carbonyl (C=O) groups excluding carboxylic acids is 1. The molecule has 0 saturated carbocycles. The van der Waals surface area contributed by atoms with Crippen LogP contribution >= 0.6 is 0 Å². The molecular formula is C22H25F3N2O3. The van der Waals surface area contributed by atoms with E-state index in [0.29, 0.717) is 31.7 Å². The highest BCUT2D eigenvalue weighted by atomic mass is 19.4. The Kier molecular flexibility index (Phi) is 6.36. The first kappa shape index (κ1) is 22.1. The van der Waals surface area contributed by atoms with E-state index in [4.69, 9.17) is 4.74 Å². The number of ether oxygens (including phenoxy) is 1. The Bertz CT molecular complexity index is 877. The first-order valence-corrected chi connectivity index (χ1v) is 9.86. The highest BCUT2D eigenvalue weighted by Gasteiger charge is 2.36. The molecule has 1 N–H and O–H groups in total. The summed E-state index contributed by atoms with van der Waals surface area (Å²) in [5, 5.41) is 10.6. The van der Waals surface area contributed by atoms with E-state index < -0.39 is 17.3 Å². The average molecular weight is 422 g/mol. The topological polar surface area (TPSA) is 62.7 Å². The average Bonchev–Trinajstić information content (AvgIpc) is 2.68. The van der Waals surface area contributed by atoms with Gasteiger partial charge < -0.3 is 14.7 Å². The zero-order valence-corrected chi connectivity index (χ0v) is 16.9. The minimum Gasteiger partial charge on any atom is -0.457 e. The number of halogens is 3. The Morgan fingerprint density at radius 2 is 1.80 bits per heavy atom. The number of rotatable bonds is 5. The van der Waals surface area contributed by atoms with Crippen molar-refractivity contribution in [3.05, 3.63) is 53.9 Å². The summed E-state index contributed by atoms with van der Waals surface area (Å²) in [4.78, 5) is 18.1. The van der Waals surface area contributed by atoms with Crippen molar-refractivity contribution in [2.75, 3.05) is 13.1 Å². The van der Waals surface area contributed by atoms with Crippen LogP contribution in [0.5, 0.6) is 11.5 Å². The number of alkyl halides is 3. The van der Waals surface area contributed by atoms with Gasteiger partial charge in [0.25, 0.3) is 0 Å². The van der Waals surface area contributed by atoms with Crippen molar-refractivity contribution in [2.24, 2.45) is 5.92 Å². The quantitative estimate of drug-likeness (QED) is 0.774. The molecule has 5 nitrogen and oxygen atoms in total. The van der Waals surface area contributed by atoms with Crippen LogP contribution in [-0.2, 0) is 17.4 Å². The lowest BCUT2D eigenvalue weighted by molar-refractivity contribution is -0.138. The van der Waals surface area contributed by atoms with E-state index in [1.165, 1.54) is 30.6 Å². The molecule has 0 radical (unpaired) electrons. The maximum absolute atomic E-state index is 13.4. The lowest BCUT2D eigenvalue weighted by atomic mass is 9.81. The molecule has 1 aliphatic rings. The maximum atomic E-state index is 13.4. The number of piperidine rings is 1. The Morgan fingerprint density at radius 1 is 1.17 bits per heavy atom. The van der Waals surface area contributed by atoms with Crippen LogP contribution in [0.15, 0.2) is 42.7 Å². The van der Waals surface area contributed by atoms with Gasteiger partial charge in [-0.3, -0.25) is 9.78 Å². The van der Waals surface area contributed by atoms with Crippen molar-refractivity contribution in [2.45, 2.75) is 44.9 Å². The molecule has 1 aliphatic heterocycles. The number of hydrogen-bond acceptors (Lipinski definition) is 4. The first-order chi connectivity index (χ1) is 14.1. The molecule has 2 heterocycles.